The van der Waals surface area contributed by atoms with Crippen molar-refractivity contribution >= 4 is 11.9 Å². The first kappa shape index (κ1) is 21.3. The molecule has 32 heavy (non-hydrogen) atoms. The molecule has 2 heterocycles. The number of hydrogen-bond acceptors (Lipinski definition) is 8. The summed E-state index contributed by atoms with van der Waals surface area (Å²) in [6.07, 6.45) is 5.12. The van der Waals surface area contributed by atoms with Gasteiger partial charge >= 0.3 is 11.9 Å². The van der Waals surface area contributed by atoms with E-state index in [0.717, 1.165) is 25.1 Å². The first-order valence-corrected chi connectivity index (χ1v) is 11.1. The van der Waals surface area contributed by atoms with Gasteiger partial charge in [0.1, 0.15) is 6.10 Å². The molecule has 2 aliphatic heterocycles. The van der Waals surface area contributed by atoms with Crippen molar-refractivity contribution in [3.63, 3.8) is 0 Å². The highest BCUT2D eigenvalue weighted by Gasteiger charge is 2.65. The Balaban J connectivity index is 1.50. The standard InChI is InChI=1S/C24H29NO7/c1-25-11-10-24-15-5-7-18(31-20(27)9-8-19(26)29-3)23(24)32-22-17(30-13-28-2)6-4-14(21(22)24)12-16(15)25/h4-7,15-16,18,23H,8-13H2,1-3H3/t15-,16+,18?,23?,24-/m0/s1. The summed E-state index contributed by atoms with van der Waals surface area (Å²) < 4.78 is 28.0. The van der Waals surface area contributed by atoms with Crippen LogP contribution in [0.5, 0.6) is 11.5 Å². The van der Waals surface area contributed by atoms with Crippen LogP contribution in [0.1, 0.15) is 30.4 Å². The predicted molar refractivity (Wildman–Crippen MR) is 114 cm³/mol. The summed E-state index contributed by atoms with van der Waals surface area (Å²) >= 11 is 0. The Hall–Kier alpha value is -2.58. The number of rotatable bonds is 7. The van der Waals surface area contributed by atoms with Crippen LogP contribution in [0, 0.1) is 5.92 Å². The summed E-state index contributed by atoms with van der Waals surface area (Å²) in [5.74, 6) is 0.802. The van der Waals surface area contributed by atoms with E-state index in [1.54, 1.807) is 7.11 Å². The highest BCUT2D eigenvalue weighted by Crippen LogP contribution is 2.62. The number of benzene rings is 1. The van der Waals surface area contributed by atoms with Crippen molar-refractivity contribution in [2.75, 3.05) is 34.6 Å². The highest BCUT2D eigenvalue weighted by molar-refractivity contribution is 5.78. The number of hydrogen-bond donors (Lipinski definition) is 0. The Morgan fingerprint density at radius 1 is 1.19 bits per heavy atom. The number of carbonyl (C=O) groups excluding carboxylic acids is 2. The van der Waals surface area contributed by atoms with Gasteiger partial charge in [-0.05, 0) is 44.1 Å². The van der Waals surface area contributed by atoms with Crippen LogP contribution < -0.4 is 9.47 Å². The van der Waals surface area contributed by atoms with Crippen molar-refractivity contribution in [2.24, 2.45) is 5.92 Å². The lowest BCUT2D eigenvalue weighted by Crippen LogP contribution is -2.65. The first-order chi connectivity index (χ1) is 15.5. The molecule has 0 N–H and O–H groups in total. The zero-order valence-electron chi connectivity index (χ0n) is 18.7. The molecule has 1 spiro atoms. The van der Waals surface area contributed by atoms with Gasteiger partial charge in [0, 0.05) is 30.0 Å². The van der Waals surface area contributed by atoms with Crippen molar-refractivity contribution < 1.29 is 33.3 Å². The third-order valence-electron chi connectivity index (χ3n) is 7.48. The highest BCUT2D eigenvalue weighted by atomic mass is 16.7. The average Bonchev–Trinajstić information content (AvgIpc) is 3.15. The SMILES string of the molecule is COCOc1ccc2c3c1OC1C(OC(=O)CCC(=O)OC)C=C[C@H]4[C@@H](C2)N(C)CC[C@]314. The Kier molecular flexibility index (Phi) is 5.37. The Bertz CT molecular complexity index is 960. The molecule has 0 radical (unpaired) electrons. The summed E-state index contributed by atoms with van der Waals surface area (Å²) in [6.45, 7) is 1.08. The van der Waals surface area contributed by atoms with Crippen LogP contribution in [-0.4, -0.2) is 69.7 Å². The Morgan fingerprint density at radius 3 is 2.78 bits per heavy atom. The molecule has 5 rings (SSSR count). The second kappa shape index (κ2) is 8.08. The summed E-state index contributed by atoms with van der Waals surface area (Å²) in [5, 5.41) is 0. The molecule has 172 valence electrons. The normalized spacial score (nSPS) is 31.5. The molecular formula is C24H29NO7. The number of methoxy groups -OCH3 is 2. The van der Waals surface area contributed by atoms with Crippen molar-refractivity contribution in [1.29, 1.82) is 0 Å². The molecular weight excluding hydrogens is 414 g/mol. The number of likely N-dealkylation sites (tertiary alicyclic amines) is 1. The van der Waals surface area contributed by atoms with E-state index in [9.17, 15) is 9.59 Å². The molecule has 5 atom stereocenters. The molecule has 1 fully saturated rings. The molecule has 2 bridgehead atoms. The maximum atomic E-state index is 12.5. The van der Waals surface area contributed by atoms with Crippen molar-refractivity contribution in [1.82, 2.24) is 4.90 Å². The molecule has 0 aromatic heterocycles. The lowest BCUT2D eigenvalue weighted by Gasteiger charge is -2.56. The number of piperidine rings is 1. The summed E-state index contributed by atoms with van der Waals surface area (Å²) in [7, 11) is 5.07. The Morgan fingerprint density at radius 2 is 2.00 bits per heavy atom. The smallest absolute Gasteiger partial charge is 0.307 e. The molecule has 8 nitrogen and oxygen atoms in total. The molecule has 2 aliphatic carbocycles. The van der Waals surface area contributed by atoms with E-state index in [1.807, 2.05) is 12.1 Å². The zero-order valence-corrected chi connectivity index (χ0v) is 18.7. The number of ether oxygens (including phenoxy) is 5. The van der Waals surface area contributed by atoms with Gasteiger partial charge in [0.2, 0.25) is 0 Å². The second-order valence-corrected chi connectivity index (χ2v) is 9.00. The third kappa shape index (κ3) is 3.11. The van der Waals surface area contributed by atoms with Crippen molar-refractivity contribution in [3.8, 4) is 11.5 Å². The molecule has 0 saturated carbocycles. The van der Waals surface area contributed by atoms with E-state index in [1.165, 1.54) is 18.2 Å². The van der Waals surface area contributed by atoms with Crippen LogP contribution >= 0.6 is 0 Å². The fraction of sp³-hybridized carbons (Fsp3) is 0.583. The molecule has 4 aliphatic rings. The quantitative estimate of drug-likeness (QED) is 0.359. The van der Waals surface area contributed by atoms with Crippen LogP contribution in [0.3, 0.4) is 0 Å². The van der Waals surface area contributed by atoms with Crippen molar-refractivity contribution in [3.05, 3.63) is 35.4 Å². The van der Waals surface area contributed by atoms with E-state index in [2.05, 4.69) is 28.8 Å². The monoisotopic (exact) mass is 443 g/mol. The summed E-state index contributed by atoms with van der Waals surface area (Å²) in [4.78, 5) is 26.4. The fourth-order valence-electron chi connectivity index (χ4n) is 6.06. The summed E-state index contributed by atoms with van der Waals surface area (Å²) in [5.41, 5.74) is 2.20. The van der Waals surface area contributed by atoms with Crippen LogP contribution in [0.15, 0.2) is 24.3 Å². The van der Waals surface area contributed by atoms with Gasteiger partial charge in [-0.2, -0.15) is 0 Å². The van der Waals surface area contributed by atoms with Crippen molar-refractivity contribution in [2.45, 2.75) is 49.3 Å². The van der Waals surface area contributed by atoms with Gasteiger partial charge in [-0.15, -0.1) is 0 Å². The van der Waals surface area contributed by atoms with Crippen LogP contribution in [0.25, 0.3) is 0 Å². The van der Waals surface area contributed by atoms with Gasteiger partial charge in [-0.3, -0.25) is 9.59 Å². The predicted octanol–water partition coefficient (Wildman–Crippen LogP) is 1.98. The van der Waals surface area contributed by atoms with E-state index >= 15 is 0 Å². The van der Waals surface area contributed by atoms with Crippen LogP contribution in [-0.2, 0) is 35.6 Å². The molecule has 1 saturated heterocycles. The molecule has 2 unspecified atom stereocenters. The molecule has 8 heteroatoms. The second-order valence-electron chi connectivity index (χ2n) is 9.00. The molecule has 0 amide bonds. The zero-order chi connectivity index (χ0) is 22.5. The van der Waals surface area contributed by atoms with Crippen LogP contribution in [0.2, 0.25) is 0 Å². The van der Waals surface area contributed by atoms with E-state index in [-0.39, 0.29) is 37.1 Å². The van der Waals surface area contributed by atoms with Gasteiger partial charge in [0.05, 0.1) is 20.0 Å². The lowest BCUT2D eigenvalue weighted by atomic mass is 9.53. The molecule has 1 aromatic rings. The Labute approximate surface area is 187 Å². The van der Waals surface area contributed by atoms with Crippen LogP contribution in [0.4, 0.5) is 0 Å². The minimum atomic E-state index is -0.533. The first-order valence-electron chi connectivity index (χ1n) is 11.1. The largest absolute Gasteiger partial charge is 0.481 e. The average molecular weight is 443 g/mol. The topological polar surface area (TPSA) is 83.5 Å². The van der Waals surface area contributed by atoms with E-state index < -0.39 is 18.0 Å². The minimum Gasteiger partial charge on any atom is -0.481 e. The number of likely N-dealkylation sites (N-methyl/N-ethyl adjacent to an activating group) is 1. The van der Waals surface area contributed by atoms with Gasteiger partial charge in [0.15, 0.2) is 24.4 Å². The third-order valence-corrected chi connectivity index (χ3v) is 7.48. The van der Waals surface area contributed by atoms with Gasteiger partial charge in [0.25, 0.3) is 0 Å². The number of nitrogens with zero attached hydrogens (tertiary/aromatic N) is 1. The fourth-order valence-corrected chi connectivity index (χ4v) is 6.06. The maximum absolute atomic E-state index is 12.5. The van der Waals surface area contributed by atoms with Gasteiger partial charge < -0.3 is 28.6 Å². The number of esters is 2. The van der Waals surface area contributed by atoms with E-state index in [4.69, 9.17) is 18.9 Å². The lowest BCUT2D eigenvalue weighted by molar-refractivity contribution is -0.157. The molecule has 1 aromatic carbocycles. The number of carbonyl (C=O) groups is 2. The van der Waals surface area contributed by atoms with Gasteiger partial charge in [-0.25, -0.2) is 0 Å². The maximum Gasteiger partial charge on any atom is 0.307 e. The van der Waals surface area contributed by atoms with Gasteiger partial charge in [-0.1, -0.05) is 12.1 Å². The minimum absolute atomic E-state index is 0.00267. The van der Waals surface area contributed by atoms with E-state index in [0.29, 0.717) is 11.8 Å². The summed E-state index contributed by atoms with van der Waals surface area (Å²) in [6, 6.07) is 4.45.